The van der Waals surface area contributed by atoms with Crippen LogP contribution in [0.15, 0.2) is 12.7 Å². The lowest BCUT2D eigenvalue weighted by atomic mass is 10.2. The summed E-state index contributed by atoms with van der Waals surface area (Å²) in [6.45, 7) is 3.64. The summed E-state index contributed by atoms with van der Waals surface area (Å²) in [5.41, 5.74) is 5.58. The lowest BCUT2D eigenvalue weighted by Gasteiger charge is -2.03. The molecule has 4 nitrogen and oxygen atoms in total. The first kappa shape index (κ1) is 7.08. The van der Waals surface area contributed by atoms with Crippen molar-refractivity contribution >= 4 is 0 Å². The van der Waals surface area contributed by atoms with Crippen LogP contribution in [0.3, 0.4) is 0 Å². The van der Waals surface area contributed by atoms with Gasteiger partial charge in [-0.2, -0.15) is 0 Å². The quantitative estimate of drug-likeness (QED) is 0.627. The lowest BCUT2D eigenvalue weighted by molar-refractivity contribution is 0.671. The van der Waals surface area contributed by atoms with Crippen LogP contribution in [0.4, 0.5) is 0 Å². The molecule has 0 spiro atoms. The summed E-state index contributed by atoms with van der Waals surface area (Å²) in [4.78, 5) is 11.4. The number of rotatable bonds is 2. The Morgan fingerprint density at radius 2 is 2.10 bits per heavy atom. The van der Waals surface area contributed by atoms with E-state index in [9.17, 15) is 0 Å². The molecule has 1 unspecified atom stereocenters. The maximum absolute atomic E-state index is 5.58. The fraction of sp³-hybridized carbons (Fsp3) is 0.333. The van der Waals surface area contributed by atoms with Crippen molar-refractivity contribution in [3.8, 4) is 0 Å². The Balaban J connectivity index is 2.75. The SMILES string of the molecule is [CH2]CC(N)c1ncncn1. The van der Waals surface area contributed by atoms with E-state index in [1.807, 2.05) is 0 Å². The van der Waals surface area contributed by atoms with Crippen molar-refractivity contribution in [1.29, 1.82) is 0 Å². The van der Waals surface area contributed by atoms with Gasteiger partial charge in [0.2, 0.25) is 0 Å². The molecule has 0 amide bonds. The van der Waals surface area contributed by atoms with Gasteiger partial charge >= 0.3 is 0 Å². The van der Waals surface area contributed by atoms with Gasteiger partial charge in [-0.25, -0.2) is 15.0 Å². The van der Waals surface area contributed by atoms with Crippen LogP contribution in [-0.4, -0.2) is 15.0 Å². The normalized spacial score (nSPS) is 13.0. The van der Waals surface area contributed by atoms with Crippen LogP contribution in [0.25, 0.3) is 0 Å². The summed E-state index contributed by atoms with van der Waals surface area (Å²) in [5, 5.41) is 0. The summed E-state index contributed by atoms with van der Waals surface area (Å²) in [7, 11) is 0. The minimum atomic E-state index is -0.164. The number of hydrogen-bond donors (Lipinski definition) is 1. The first-order valence-electron chi connectivity index (χ1n) is 3.01. The molecular weight excluding hydrogens is 128 g/mol. The van der Waals surface area contributed by atoms with E-state index in [-0.39, 0.29) is 6.04 Å². The molecule has 4 heteroatoms. The molecule has 1 heterocycles. The molecule has 0 aromatic carbocycles. The van der Waals surface area contributed by atoms with E-state index in [4.69, 9.17) is 5.73 Å². The van der Waals surface area contributed by atoms with Crippen LogP contribution in [0, 0.1) is 6.92 Å². The smallest absolute Gasteiger partial charge is 0.148 e. The third-order valence-corrected chi connectivity index (χ3v) is 1.16. The molecule has 0 aliphatic rings. The van der Waals surface area contributed by atoms with Crippen molar-refractivity contribution in [1.82, 2.24) is 15.0 Å². The van der Waals surface area contributed by atoms with E-state index in [2.05, 4.69) is 21.9 Å². The van der Waals surface area contributed by atoms with Crippen molar-refractivity contribution in [3.05, 3.63) is 25.4 Å². The second-order valence-corrected chi connectivity index (χ2v) is 1.89. The molecule has 1 aromatic rings. The van der Waals surface area contributed by atoms with Gasteiger partial charge in [0.05, 0.1) is 6.04 Å². The fourth-order valence-corrected chi connectivity index (χ4v) is 0.569. The third-order valence-electron chi connectivity index (χ3n) is 1.16. The van der Waals surface area contributed by atoms with E-state index >= 15 is 0 Å². The largest absolute Gasteiger partial charge is 0.321 e. The Morgan fingerprint density at radius 3 is 2.60 bits per heavy atom. The van der Waals surface area contributed by atoms with Crippen LogP contribution in [0.5, 0.6) is 0 Å². The highest BCUT2D eigenvalue weighted by Gasteiger charge is 2.03. The molecule has 0 aliphatic carbocycles. The molecule has 10 heavy (non-hydrogen) atoms. The Labute approximate surface area is 59.5 Å². The van der Waals surface area contributed by atoms with Gasteiger partial charge < -0.3 is 5.73 Å². The Bertz CT molecular complexity index is 186. The number of aromatic nitrogens is 3. The molecule has 0 bridgehead atoms. The number of nitrogens with two attached hydrogens (primary N) is 1. The van der Waals surface area contributed by atoms with Crippen molar-refractivity contribution in [2.24, 2.45) is 5.73 Å². The molecule has 0 saturated carbocycles. The van der Waals surface area contributed by atoms with Crippen molar-refractivity contribution in [2.75, 3.05) is 0 Å². The molecule has 1 aromatic heterocycles. The predicted molar refractivity (Wildman–Crippen MR) is 36.7 cm³/mol. The predicted octanol–water partition coefficient (Wildman–Crippen LogP) is 0.0956. The van der Waals surface area contributed by atoms with Crippen LogP contribution in [0.2, 0.25) is 0 Å². The molecule has 0 fully saturated rings. The van der Waals surface area contributed by atoms with Gasteiger partial charge in [0.15, 0.2) is 0 Å². The molecule has 1 radical (unpaired) electrons. The molecule has 2 N–H and O–H groups in total. The second kappa shape index (κ2) is 3.22. The van der Waals surface area contributed by atoms with Gasteiger partial charge in [-0.1, -0.05) is 6.92 Å². The fourth-order valence-electron chi connectivity index (χ4n) is 0.569. The van der Waals surface area contributed by atoms with E-state index in [0.717, 1.165) is 0 Å². The summed E-state index contributed by atoms with van der Waals surface area (Å²) in [6.07, 6.45) is 3.46. The average molecular weight is 137 g/mol. The Kier molecular flexibility index (Phi) is 2.28. The summed E-state index contributed by atoms with van der Waals surface area (Å²) >= 11 is 0. The standard InChI is InChI=1S/C6H9N4/c1-2-5(7)6-9-3-8-4-10-6/h3-5H,1-2,7H2. The maximum atomic E-state index is 5.58. The highest BCUT2D eigenvalue weighted by molar-refractivity contribution is 4.90. The molecule has 53 valence electrons. The molecule has 0 saturated heterocycles. The van der Waals surface area contributed by atoms with E-state index < -0.39 is 0 Å². The minimum absolute atomic E-state index is 0.164. The van der Waals surface area contributed by atoms with Crippen molar-refractivity contribution in [3.63, 3.8) is 0 Å². The molecule has 0 aliphatic heterocycles. The monoisotopic (exact) mass is 137 g/mol. The number of hydrogen-bond acceptors (Lipinski definition) is 4. The van der Waals surface area contributed by atoms with Gasteiger partial charge in [0.1, 0.15) is 18.5 Å². The molecular formula is C6H9N4. The first-order valence-corrected chi connectivity index (χ1v) is 3.01. The van der Waals surface area contributed by atoms with Crippen molar-refractivity contribution < 1.29 is 0 Å². The zero-order valence-corrected chi connectivity index (χ0v) is 5.57. The zero-order valence-electron chi connectivity index (χ0n) is 5.57. The maximum Gasteiger partial charge on any atom is 0.148 e. The van der Waals surface area contributed by atoms with Gasteiger partial charge in [0.25, 0.3) is 0 Å². The van der Waals surface area contributed by atoms with Gasteiger partial charge in [-0.3, -0.25) is 0 Å². The van der Waals surface area contributed by atoms with Gasteiger partial charge in [0, 0.05) is 0 Å². The van der Waals surface area contributed by atoms with Crippen LogP contribution < -0.4 is 5.73 Å². The van der Waals surface area contributed by atoms with E-state index in [1.54, 1.807) is 0 Å². The highest BCUT2D eigenvalue weighted by atomic mass is 15.0. The lowest BCUT2D eigenvalue weighted by Crippen LogP contribution is -2.12. The van der Waals surface area contributed by atoms with Gasteiger partial charge in [-0.15, -0.1) is 0 Å². The Morgan fingerprint density at radius 1 is 1.50 bits per heavy atom. The van der Waals surface area contributed by atoms with Crippen LogP contribution >= 0.6 is 0 Å². The van der Waals surface area contributed by atoms with Crippen LogP contribution in [-0.2, 0) is 0 Å². The van der Waals surface area contributed by atoms with Crippen LogP contribution in [0.1, 0.15) is 18.3 Å². The summed E-state index contributed by atoms with van der Waals surface area (Å²) in [5.74, 6) is 0.602. The average Bonchev–Trinajstić information content (AvgIpc) is 2.05. The van der Waals surface area contributed by atoms with E-state index in [1.165, 1.54) is 12.7 Å². The van der Waals surface area contributed by atoms with Crippen molar-refractivity contribution in [2.45, 2.75) is 12.5 Å². The molecule has 1 rings (SSSR count). The number of nitrogens with zero attached hydrogens (tertiary/aromatic N) is 3. The first-order chi connectivity index (χ1) is 4.84. The molecule has 1 atom stereocenters. The third kappa shape index (κ3) is 1.48. The highest BCUT2D eigenvalue weighted by Crippen LogP contribution is 2.03. The topological polar surface area (TPSA) is 64.7 Å². The summed E-state index contributed by atoms with van der Waals surface area (Å²) in [6, 6.07) is -0.164. The van der Waals surface area contributed by atoms with E-state index in [0.29, 0.717) is 12.2 Å². The minimum Gasteiger partial charge on any atom is -0.321 e. The zero-order chi connectivity index (χ0) is 7.40. The second-order valence-electron chi connectivity index (χ2n) is 1.89. The van der Waals surface area contributed by atoms with Gasteiger partial charge in [-0.05, 0) is 6.42 Å². The summed E-state index contributed by atoms with van der Waals surface area (Å²) < 4.78 is 0. The Hall–Kier alpha value is -1.03.